The molecule has 0 saturated carbocycles. The summed E-state index contributed by atoms with van der Waals surface area (Å²) < 4.78 is 22.5. The Hall–Kier alpha value is -0.580. The van der Waals surface area contributed by atoms with Crippen molar-refractivity contribution in [3.63, 3.8) is 0 Å². The molecule has 17 heavy (non-hydrogen) atoms. The maximum atomic E-state index is 11.3. The number of quaternary nitrogens is 1. The van der Waals surface area contributed by atoms with Gasteiger partial charge in [0.1, 0.15) is 6.54 Å². The summed E-state index contributed by atoms with van der Waals surface area (Å²) in [5.41, 5.74) is 1.29. The molecule has 1 fully saturated rings. The molecule has 1 aliphatic heterocycles. The average Bonchev–Trinajstić information content (AvgIpc) is 2.60. The van der Waals surface area contributed by atoms with E-state index in [4.69, 9.17) is 0 Å². The Morgan fingerprint density at radius 3 is 2.53 bits per heavy atom. The van der Waals surface area contributed by atoms with Gasteiger partial charge in [-0.25, -0.2) is 8.42 Å². The van der Waals surface area contributed by atoms with Crippen molar-refractivity contribution in [3.8, 4) is 0 Å². The first kappa shape index (κ1) is 14.5. The summed E-state index contributed by atoms with van der Waals surface area (Å²) in [5, 5.41) is 2.21. The SMILES string of the molecule is O=S1(=O)CCC(C[NH2+]Cc2ccccc2)C1.[Cl-]. The van der Waals surface area contributed by atoms with Gasteiger partial charge >= 0.3 is 0 Å². The molecule has 0 radical (unpaired) electrons. The minimum atomic E-state index is -2.71. The zero-order valence-electron chi connectivity index (χ0n) is 9.68. The highest BCUT2D eigenvalue weighted by atomic mass is 35.5. The molecular formula is C12H18ClNO2S. The third kappa shape index (κ3) is 4.66. The third-order valence-corrected chi connectivity index (χ3v) is 4.89. The van der Waals surface area contributed by atoms with Gasteiger partial charge in [0.2, 0.25) is 0 Å². The van der Waals surface area contributed by atoms with Gasteiger partial charge < -0.3 is 17.7 Å². The molecule has 0 spiro atoms. The largest absolute Gasteiger partial charge is 1.00 e. The van der Waals surface area contributed by atoms with Crippen LogP contribution in [-0.2, 0) is 16.4 Å². The molecule has 0 aromatic heterocycles. The van der Waals surface area contributed by atoms with E-state index in [1.54, 1.807) is 0 Å². The minimum Gasteiger partial charge on any atom is -1.00 e. The van der Waals surface area contributed by atoms with Crippen molar-refractivity contribution < 1.29 is 26.1 Å². The first-order valence-corrected chi connectivity index (χ1v) is 7.54. The van der Waals surface area contributed by atoms with Gasteiger partial charge in [-0.1, -0.05) is 30.3 Å². The fourth-order valence-electron chi connectivity index (χ4n) is 2.16. The second kappa shape index (κ2) is 6.38. The van der Waals surface area contributed by atoms with Gasteiger partial charge in [-0.3, -0.25) is 0 Å². The van der Waals surface area contributed by atoms with Crippen molar-refractivity contribution in [1.29, 1.82) is 0 Å². The van der Waals surface area contributed by atoms with Crippen LogP contribution in [0.3, 0.4) is 0 Å². The second-order valence-corrected chi connectivity index (χ2v) is 6.71. The lowest BCUT2D eigenvalue weighted by atomic mass is 10.1. The Labute approximate surface area is 109 Å². The average molecular weight is 276 g/mol. The van der Waals surface area contributed by atoms with E-state index in [9.17, 15) is 8.42 Å². The molecule has 2 rings (SSSR count). The van der Waals surface area contributed by atoms with E-state index in [1.165, 1.54) is 5.56 Å². The molecule has 0 amide bonds. The van der Waals surface area contributed by atoms with Crippen LogP contribution < -0.4 is 17.7 Å². The summed E-state index contributed by atoms with van der Waals surface area (Å²) in [6.07, 6.45) is 0.841. The second-order valence-electron chi connectivity index (χ2n) is 4.48. The van der Waals surface area contributed by atoms with Crippen LogP contribution in [0.25, 0.3) is 0 Å². The molecule has 0 bridgehead atoms. The van der Waals surface area contributed by atoms with Crippen molar-refractivity contribution >= 4 is 9.84 Å². The minimum absolute atomic E-state index is 0. The topological polar surface area (TPSA) is 50.8 Å². The molecule has 1 unspecified atom stereocenters. The van der Waals surface area contributed by atoms with Crippen LogP contribution in [0.4, 0.5) is 0 Å². The monoisotopic (exact) mass is 275 g/mol. The number of sulfone groups is 1. The molecule has 5 heteroatoms. The number of benzene rings is 1. The fraction of sp³-hybridized carbons (Fsp3) is 0.500. The summed E-state index contributed by atoms with van der Waals surface area (Å²) >= 11 is 0. The zero-order valence-corrected chi connectivity index (χ0v) is 11.3. The molecule has 1 aliphatic rings. The lowest BCUT2D eigenvalue weighted by Crippen LogP contribution is -3.00. The molecule has 2 N–H and O–H groups in total. The van der Waals surface area contributed by atoms with Gasteiger partial charge in [0, 0.05) is 11.5 Å². The quantitative estimate of drug-likeness (QED) is 0.645. The molecule has 1 aromatic carbocycles. The van der Waals surface area contributed by atoms with E-state index in [-0.39, 0.29) is 12.4 Å². The Balaban J connectivity index is 0.00000144. The van der Waals surface area contributed by atoms with Crippen LogP contribution in [0, 0.1) is 5.92 Å². The van der Waals surface area contributed by atoms with Gasteiger partial charge in [-0.2, -0.15) is 0 Å². The van der Waals surface area contributed by atoms with Crippen LogP contribution in [0.1, 0.15) is 12.0 Å². The maximum Gasteiger partial charge on any atom is 0.150 e. The summed E-state index contributed by atoms with van der Waals surface area (Å²) in [6, 6.07) is 10.3. The van der Waals surface area contributed by atoms with E-state index in [0.29, 0.717) is 17.4 Å². The molecule has 96 valence electrons. The number of rotatable bonds is 4. The summed E-state index contributed by atoms with van der Waals surface area (Å²) in [5.74, 6) is 1.13. The van der Waals surface area contributed by atoms with Crippen LogP contribution in [0.15, 0.2) is 30.3 Å². The lowest BCUT2D eigenvalue weighted by molar-refractivity contribution is -0.675. The summed E-state index contributed by atoms with van der Waals surface area (Å²) in [4.78, 5) is 0. The predicted molar refractivity (Wildman–Crippen MR) is 63.7 cm³/mol. The molecular weight excluding hydrogens is 258 g/mol. The molecule has 1 saturated heterocycles. The van der Waals surface area contributed by atoms with Crippen molar-refractivity contribution in [2.24, 2.45) is 5.92 Å². The first-order chi connectivity index (χ1) is 7.66. The summed E-state index contributed by atoms with van der Waals surface area (Å²) in [7, 11) is -2.71. The van der Waals surface area contributed by atoms with Crippen molar-refractivity contribution in [1.82, 2.24) is 0 Å². The lowest BCUT2D eigenvalue weighted by Gasteiger charge is -2.06. The standard InChI is InChI=1S/C12H17NO2S.ClH/c14-16(15)7-6-12(10-16)9-13-8-11-4-2-1-3-5-11;/h1-5,12-13H,6-10H2;1H. The Bertz CT molecular complexity index is 433. The number of hydrogen-bond acceptors (Lipinski definition) is 2. The summed E-state index contributed by atoms with van der Waals surface area (Å²) in [6.45, 7) is 1.87. The van der Waals surface area contributed by atoms with Crippen LogP contribution in [0.2, 0.25) is 0 Å². The Morgan fingerprint density at radius 1 is 1.24 bits per heavy atom. The molecule has 1 atom stereocenters. The van der Waals surface area contributed by atoms with Crippen LogP contribution >= 0.6 is 0 Å². The van der Waals surface area contributed by atoms with E-state index in [0.717, 1.165) is 19.5 Å². The van der Waals surface area contributed by atoms with Crippen molar-refractivity contribution in [2.75, 3.05) is 18.1 Å². The highest BCUT2D eigenvalue weighted by molar-refractivity contribution is 7.91. The van der Waals surface area contributed by atoms with Gasteiger partial charge in [0.15, 0.2) is 9.84 Å². The van der Waals surface area contributed by atoms with Crippen molar-refractivity contribution in [2.45, 2.75) is 13.0 Å². The fourth-order valence-corrected chi connectivity index (χ4v) is 4.04. The Kier molecular flexibility index (Phi) is 5.43. The Morgan fingerprint density at radius 2 is 1.94 bits per heavy atom. The van der Waals surface area contributed by atoms with Gasteiger partial charge in [0.05, 0.1) is 18.1 Å². The first-order valence-electron chi connectivity index (χ1n) is 5.72. The normalized spacial score (nSPS) is 22.0. The molecule has 0 aliphatic carbocycles. The molecule has 3 nitrogen and oxygen atoms in total. The van der Waals surface area contributed by atoms with E-state index in [1.807, 2.05) is 18.2 Å². The number of hydrogen-bond donors (Lipinski definition) is 1. The van der Waals surface area contributed by atoms with E-state index >= 15 is 0 Å². The molecule has 1 aromatic rings. The maximum absolute atomic E-state index is 11.3. The van der Waals surface area contributed by atoms with Crippen molar-refractivity contribution in [3.05, 3.63) is 35.9 Å². The number of nitrogens with two attached hydrogens (primary N) is 1. The highest BCUT2D eigenvalue weighted by Crippen LogP contribution is 2.16. The van der Waals surface area contributed by atoms with Gasteiger partial charge in [0.25, 0.3) is 0 Å². The van der Waals surface area contributed by atoms with Gasteiger partial charge in [-0.15, -0.1) is 0 Å². The smallest absolute Gasteiger partial charge is 0.150 e. The molecule has 1 heterocycles. The number of halogens is 1. The predicted octanol–water partition coefficient (Wildman–Crippen LogP) is -2.81. The van der Waals surface area contributed by atoms with E-state index in [2.05, 4.69) is 17.4 Å². The van der Waals surface area contributed by atoms with Crippen LogP contribution in [-0.4, -0.2) is 26.5 Å². The van der Waals surface area contributed by atoms with E-state index < -0.39 is 9.84 Å². The zero-order chi connectivity index (χ0) is 11.4. The highest BCUT2D eigenvalue weighted by Gasteiger charge is 2.28. The third-order valence-electron chi connectivity index (χ3n) is 3.05. The van der Waals surface area contributed by atoms with Crippen LogP contribution in [0.5, 0.6) is 0 Å². The van der Waals surface area contributed by atoms with Gasteiger partial charge in [-0.05, 0) is 6.42 Å².